The number of carbonyl (C=O) groups excluding carboxylic acids is 1. The van der Waals surface area contributed by atoms with Gasteiger partial charge in [0, 0.05) is 37.4 Å². The van der Waals surface area contributed by atoms with E-state index in [2.05, 4.69) is 5.16 Å². The van der Waals surface area contributed by atoms with Crippen LogP contribution in [0.5, 0.6) is 11.5 Å². The van der Waals surface area contributed by atoms with Gasteiger partial charge < -0.3 is 36.2 Å². The second-order valence-corrected chi connectivity index (χ2v) is 12.0. The Morgan fingerprint density at radius 1 is 1.04 bits per heavy atom. The number of hydrogen-bond acceptors (Lipinski definition) is 9. The highest BCUT2D eigenvalue weighted by Crippen LogP contribution is 2.40. The number of rotatable bonds is 10. The van der Waals surface area contributed by atoms with E-state index in [1.54, 1.807) is 29.7 Å². The Kier molecular flexibility index (Phi) is 9.28. The highest BCUT2D eigenvalue weighted by Gasteiger charge is 2.46. The van der Waals surface area contributed by atoms with Crippen LogP contribution in [0, 0.1) is 17.2 Å². The van der Waals surface area contributed by atoms with E-state index in [1.807, 2.05) is 29.2 Å². The molecule has 2 aliphatic rings. The molecule has 1 aliphatic heterocycles. The van der Waals surface area contributed by atoms with Crippen LogP contribution in [-0.2, 0) is 21.9 Å². The standard InChI is InChI=1S/C32H41N7O6/c1-19(40)32(35,23-6-3-21(4-7-23)31(41)42)39-28-12-5-22(30(34)37-43)17-27(28)36-29(39)18-44-24-8-10-25(11-9-24)45-26-13-15-38(16-14-26)20(2)33/h5,8-12,17,21,23,26,33,43H,3-4,6-7,13-16,18,35H2,1-2H3,(H2,34,37)(H,41,42)/t21-,23-,32?. The first-order valence-corrected chi connectivity index (χ1v) is 15.2. The van der Waals surface area contributed by atoms with Gasteiger partial charge in [-0.3, -0.25) is 19.6 Å². The molecule has 2 heterocycles. The van der Waals surface area contributed by atoms with Crippen LogP contribution in [0.25, 0.3) is 11.0 Å². The Morgan fingerprint density at radius 2 is 1.69 bits per heavy atom. The highest BCUT2D eigenvalue weighted by molar-refractivity contribution is 6.00. The van der Waals surface area contributed by atoms with E-state index >= 15 is 0 Å². The normalized spacial score (nSPS) is 20.9. The summed E-state index contributed by atoms with van der Waals surface area (Å²) in [5.41, 5.74) is 12.9. The SMILES string of the molecule is CC(=N)N1CCC(Oc2ccc(OCc3nc4cc(/C(N)=N\O)ccc4n3C(N)(C(C)=O)[C@H]3CC[C@H](C(=O)O)CC3)cc2)CC1. The molecule has 1 aromatic heterocycles. The predicted octanol–water partition coefficient (Wildman–Crippen LogP) is 3.64. The summed E-state index contributed by atoms with van der Waals surface area (Å²) in [4.78, 5) is 31.8. The lowest BCUT2D eigenvalue weighted by Crippen LogP contribution is -2.56. The number of ether oxygens (including phenoxy) is 2. The molecule has 0 amide bonds. The summed E-state index contributed by atoms with van der Waals surface area (Å²) < 4.78 is 14.0. The van der Waals surface area contributed by atoms with Gasteiger partial charge in [0.1, 0.15) is 30.0 Å². The molecular weight excluding hydrogens is 578 g/mol. The number of nitrogens with one attached hydrogen (secondary N) is 1. The molecule has 1 saturated heterocycles. The monoisotopic (exact) mass is 619 g/mol. The van der Waals surface area contributed by atoms with Crippen molar-refractivity contribution in [3.8, 4) is 11.5 Å². The van der Waals surface area contributed by atoms with Gasteiger partial charge in [0.15, 0.2) is 17.3 Å². The zero-order chi connectivity index (χ0) is 32.3. The fourth-order valence-electron chi connectivity index (χ4n) is 6.53. The van der Waals surface area contributed by atoms with E-state index in [-0.39, 0.29) is 30.2 Å². The van der Waals surface area contributed by atoms with Crippen molar-refractivity contribution in [3.63, 3.8) is 0 Å². The van der Waals surface area contributed by atoms with Gasteiger partial charge in [-0.1, -0.05) is 5.16 Å². The van der Waals surface area contributed by atoms with Crippen LogP contribution in [0.2, 0.25) is 0 Å². The Balaban J connectivity index is 1.40. The third-order valence-electron chi connectivity index (χ3n) is 9.17. The number of aromatic nitrogens is 2. The number of carbonyl (C=O) groups is 2. The number of aliphatic carboxylic acids is 1. The first-order valence-electron chi connectivity index (χ1n) is 15.2. The zero-order valence-corrected chi connectivity index (χ0v) is 25.6. The fourth-order valence-corrected chi connectivity index (χ4v) is 6.53. The van der Waals surface area contributed by atoms with E-state index in [4.69, 9.17) is 31.3 Å². The minimum Gasteiger partial charge on any atom is -0.490 e. The Morgan fingerprint density at radius 3 is 2.27 bits per heavy atom. The maximum absolute atomic E-state index is 13.4. The molecular formula is C32H41N7O6. The molecule has 0 radical (unpaired) electrons. The summed E-state index contributed by atoms with van der Waals surface area (Å²) in [6.07, 6.45) is 3.56. The van der Waals surface area contributed by atoms with Gasteiger partial charge in [-0.25, -0.2) is 4.98 Å². The molecule has 7 N–H and O–H groups in total. The summed E-state index contributed by atoms with van der Waals surface area (Å²) >= 11 is 0. The second kappa shape index (κ2) is 13.1. The maximum Gasteiger partial charge on any atom is 0.306 e. The van der Waals surface area contributed by atoms with Gasteiger partial charge in [-0.2, -0.15) is 0 Å². The quantitative estimate of drug-likeness (QED) is 0.0965. The van der Waals surface area contributed by atoms with Crippen molar-refractivity contribution < 1.29 is 29.4 Å². The third-order valence-corrected chi connectivity index (χ3v) is 9.17. The van der Waals surface area contributed by atoms with Crippen LogP contribution in [0.15, 0.2) is 47.6 Å². The molecule has 2 fully saturated rings. The van der Waals surface area contributed by atoms with Crippen LogP contribution in [0.4, 0.5) is 0 Å². The molecule has 2 aromatic carbocycles. The van der Waals surface area contributed by atoms with Crippen LogP contribution in [0.1, 0.15) is 63.8 Å². The van der Waals surface area contributed by atoms with Crippen LogP contribution < -0.4 is 20.9 Å². The molecule has 1 aliphatic carbocycles. The lowest BCUT2D eigenvalue weighted by molar-refractivity contribution is -0.143. The van der Waals surface area contributed by atoms with Crippen molar-refractivity contribution in [1.82, 2.24) is 14.5 Å². The minimum atomic E-state index is -1.50. The third kappa shape index (κ3) is 6.58. The molecule has 1 unspecified atom stereocenters. The number of benzene rings is 2. The largest absolute Gasteiger partial charge is 0.490 e. The van der Waals surface area contributed by atoms with Gasteiger partial charge in [-0.05, 0) is 82.0 Å². The van der Waals surface area contributed by atoms with Gasteiger partial charge in [0.25, 0.3) is 0 Å². The summed E-state index contributed by atoms with van der Waals surface area (Å²) in [6.45, 7) is 4.83. The molecule has 0 spiro atoms. The van der Waals surface area contributed by atoms with Crippen molar-refractivity contribution in [1.29, 1.82) is 5.41 Å². The summed E-state index contributed by atoms with van der Waals surface area (Å²) in [6, 6.07) is 12.4. The van der Waals surface area contributed by atoms with Gasteiger partial charge >= 0.3 is 5.97 Å². The number of Topliss-reactive ketones (excluding diaryl/α,β-unsaturated/α-hetero) is 1. The topological polar surface area (TPSA) is 202 Å². The molecule has 1 atom stereocenters. The number of ketones is 1. The molecule has 45 heavy (non-hydrogen) atoms. The fraction of sp³-hybridized carbons (Fsp3) is 0.469. The van der Waals surface area contributed by atoms with E-state index in [0.717, 1.165) is 31.7 Å². The van der Waals surface area contributed by atoms with Crippen LogP contribution in [-0.4, -0.2) is 67.4 Å². The zero-order valence-electron chi connectivity index (χ0n) is 25.6. The van der Waals surface area contributed by atoms with E-state index in [9.17, 15) is 19.9 Å². The molecule has 1 saturated carbocycles. The van der Waals surface area contributed by atoms with Crippen LogP contribution >= 0.6 is 0 Å². The number of imidazole rings is 1. The van der Waals surface area contributed by atoms with Gasteiger partial charge in [0.05, 0.1) is 22.8 Å². The summed E-state index contributed by atoms with van der Waals surface area (Å²) in [5.74, 6) is 0.303. The molecule has 5 rings (SSSR count). The van der Waals surface area contributed by atoms with E-state index < -0.39 is 17.6 Å². The molecule has 3 aromatic rings. The van der Waals surface area contributed by atoms with Crippen molar-refractivity contribution >= 4 is 34.5 Å². The smallest absolute Gasteiger partial charge is 0.306 e. The average molecular weight is 620 g/mol. The number of fused-ring (bicyclic) bond motifs is 1. The number of likely N-dealkylation sites (tertiary alicyclic amines) is 1. The van der Waals surface area contributed by atoms with Gasteiger partial charge in [-0.15, -0.1) is 0 Å². The number of nitrogens with zero attached hydrogens (tertiary/aromatic N) is 4. The average Bonchev–Trinajstić information content (AvgIpc) is 3.42. The number of piperidine rings is 1. The summed E-state index contributed by atoms with van der Waals surface area (Å²) in [5, 5.41) is 29.6. The minimum absolute atomic E-state index is 0.00801. The number of oxime groups is 1. The number of nitrogens with two attached hydrogens (primary N) is 2. The number of carboxylic acids is 1. The molecule has 13 heteroatoms. The first-order chi connectivity index (χ1) is 21.5. The lowest BCUT2D eigenvalue weighted by atomic mass is 9.74. The Labute approximate surface area is 261 Å². The maximum atomic E-state index is 13.4. The Hall–Kier alpha value is -4.65. The van der Waals surface area contributed by atoms with Crippen molar-refractivity contribution in [3.05, 3.63) is 53.9 Å². The van der Waals surface area contributed by atoms with Crippen molar-refractivity contribution in [2.45, 2.75) is 70.7 Å². The lowest BCUT2D eigenvalue weighted by Gasteiger charge is -2.41. The Bertz CT molecular complexity index is 1590. The van der Waals surface area contributed by atoms with E-state index in [1.165, 1.54) is 6.92 Å². The number of hydrogen-bond donors (Lipinski definition) is 5. The number of carboxylic acid groups (broad SMARTS) is 1. The molecule has 13 nitrogen and oxygen atoms in total. The van der Waals surface area contributed by atoms with Crippen molar-refractivity contribution in [2.75, 3.05) is 13.1 Å². The first kappa shape index (κ1) is 31.8. The number of amidine groups is 2. The van der Waals surface area contributed by atoms with Crippen molar-refractivity contribution in [2.24, 2.45) is 28.5 Å². The van der Waals surface area contributed by atoms with E-state index in [0.29, 0.717) is 59.7 Å². The van der Waals surface area contributed by atoms with Gasteiger partial charge in [0.2, 0.25) is 0 Å². The highest BCUT2D eigenvalue weighted by atomic mass is 16.5. The molecule has 240 valence electrons. The van der Waals surface area contributed by atoms with Crippen LogP contribution in [0.3, 0.4) is 0 Å². The predicted molar refractivity (Wildman–Crippen MR) is 168 cm³/mol. The molecule has 0 bridgehead atoms. The summed E-state index contributed by atoms with van der Waals surface area (Å²) in [7, 11) is 0. The second-order valence-electron chi connectivity index (χ2n) is 12.0.